The van der Waals surface area contributed by atoms with Gasteiger partial charge in [-0.1, -0.05) is 52.8 Å². The minimum Gasteiger partial charge on any atom is -0.390 e. The Morgan fingerprint density at radius 1 is 0.767 bits per heavy atom. The first-order valence-electron chi connectivity index (χ1n) is 17.7. The first-order valence-corrected chi connectivity index (χ1v) is 19.3. The molecular weight excluding hydrogens is 552 g/mol. The van der Waals surface area contributed by atoms with Gasteiger partial charge in [0.05, 0.1) is 21.3 Å². The van der Waals surface area contributed by atoms with Gasteiger partial charge in [-0.05, 0) is 161 Å². The van der Waals surface area contributed by atoms with Crippen molar-refractivity contribution in [3.05, 3.63) is 30.3 Å². The normalized spacial score (nSPS) is 43.6. The fourth-order valence-corrected chi connectivity index (χ4v) is 14.1. The van der Waals surface area contributed by atoms with Crippen LogP contribution in [0.15, 0.2) is 35.2 Å². The van der Waals surface area contributed by atoms with Crippen LogP contribution in [0.4, 0.5) is 0 Å². The van der Waals surface area contributed by atoms with E-state index in [-0.39, 0.29) is 16.7 Å². The summed E-state index contributed by atoms with van der Waals surface area (Å²) >= 11 is 0. The fourth-order valence-electron chi connectivity index (χ4n) is 11.9. The Hall–Kier alpha value is -0.910. The van der Waals surface area contributed by atoms with Gasteiger partial charge in [-0.15, -0.1) is 0 Å². The molecule has 0 bridgehead atoms. The molecule has 0 radical (unpaired) electrons. The quantitative estimate of drug-likeness (QED) is 0.337. The summed E-state index contributed by atoms with van der Waals surface area (Å²) in [4.78, 5) is 0.412. The highest BCUT2D eigenvalue weighted by atomic mass is 32.2. The van der Waals surface area contributed by atoms with E-state index in [2.05, 4.69) is 34.6 Å². The predicted molar refractivity (Wildman–Crippen MR) is 174 cm³/mol. The fraction of sp³-hybridized carbons (Fsp3) is 0.842. The summed E-state index contributed by atoms with van der Waals surface area (Å²) in [5.41, 5.74) is -0.743. The Bertz CT molecular complexity index is 1260. The lowest BCUT2D eigenvalue weighted by Crippen LogP contribution is -2.56. The maximum absolute atomic E-state index is 14.5. The van der Waals surface area contributed by atoms with Gasteiger partial charge in [0.25, 0.3) is 0 Å². The van der Waals surface area contributed by atoms with Crippen LogP contribution in [-0.2, 0) is 9.84 Å². The van der Waals surface area contributed by atoms with Crippen LogP contribution in [0, 0.1) is 51.8 Å². The van der Waals surface area contributed by atoms with Crippen LogP contribution >= 0.6 is 0 Å². The van der Waals surface area contributed by atoms with E-state index in [4.69, 9.17) is 0 Å². The lowest BCUT2D eigenvalue weighted by atomic mass is 9.43. The molecule has 0 saturated heterocycles. The summed E-state index contributed by atoms with van der Waals surface area (Å²) in [5, 5.41) is 22.2. The number of hydrogen-bond donors (Lipinski definition) is 2. The molecule has 0 aromatic heterocycles. The molecule has 0 heterocycles. The van der Waals surface area contributed by atoms with Gasteiger partial charge in [-0.3, -0.25) is 0 Å². The van der Waals surface area contributed by atoms with E-state index in [1.807, 2.05) is 25.1 Å². The molecule has 242 valence electrons. The van der Waals surface area contributed by atoms with Crippen LogP contribution < -0.4 is 0 Å². The number of benzene rings is 1. The second-order valence-electron chi connectivity index (χ2n) is 17.9. The third kappa shape index (κ3) is 5.58. The van der Waals surface area contributed by atoms with E-state index in [1.165, 1.54) is 32.1 Å². The smallest absolute Gasteiger partial charge is 0.181 e. The lowest BCUT2D eigenvalue weighted by molar-refractivity contribution is -0.148. The van der Waals surface area contributed by atoms with E-state index in [0.717, 1.165) is 44.4 Å². The molecule has 1 aromatic rings. The third-order valence-corrected chi connectivity index (χ3v) is 17.2. The van der Waals surface area contributed by atoms with Crippen molar-refractivity contribution >= 4 is 9.84 Å². The number of hydrogen-bond acceptors (Lipinski definition) is 4. The highest BCUT2D eigenvalue weighted by Crippen LogP contribution is 2.69. The second-order valence-corrected chi connectivity index (χ2v) is 20.1. The highest BCUT2D eigenvalue weighted by molar-refractivity contribution is 7.92. The van der Waals surface area contributed by atoms with E-state index >= 15 is 0 Å². The van der Waals surface area contributed by atoms with E-state index in [1.54, 1.807) is 12.1 Å². The van der Waals surface area contributed by atoms with Gasteiger partial charge in [0.1, 0.15) is 0 Å². The van der Waals surface area contributed by atoms with Crippen LogP contribution in [0.3, 0.4) is 0 Å². The molecule has 5 heteroatoms. The summed E-state index contributed by atoms with van der Waals surface area (Å²) in [7, 11) is -3.61. The molecule has 0 spiro atoms. The van der Waals surface area contributed by atoms with Crippen LogP contribution in [0.2, 0.25) is 0 Å². The zero-order valence-corrected chi connectivity index (χ0v) is 28.8. The van der Waals surface area contributed by atoms with Gasteiger partial charge in [-0.25, -0.2) is 8.42 Å². The molecule has 0 amide bonds. The monoisotopic (exact) mass is 612 g/mol. The van der Waals surface area contributed by atoms with Crippen molar-refractivity contribution < 1.29 is 18.6 Å². The topological polar surface area (TPSA) is 74.6 Å². The molecule has 43 heavy (non-hydrogen) atoms. The van der Waals surface area contributed by atoms with E-state index in [9.17, 15) is 18.6 Å². The zero-order chi connectivity index (χ0) is 31.1. The average molecular weight is 613 g/mol. The van der Waals surface area contributed by atoms with Crippen molar-refractivity contribution in [2.75, 3.05) is 0 Å². The lowest BCUT2D eigenvalue weighted by Gasteiger charge is -2.62. The van der Waals surface area contributed by atoms with Gasteiger partial charge in [-0.2, -0.15) is 0 Å². The van der Waals surface area contributed by atoms with E-state index in [0.29, 0.717) is 53.2 Å². The van der Waals surface area contributed by atoms with Crippen LogP contribution in [-0.4, -0.2) is 35.1 Å². The van der Waals surface area contributed by atoms with Crippen LogP contribution in [0.25, 0.3) is 0 Å². The Kier molecular flexibility index (Phi) is 8.07. The van der Waals surface area contributed by atoms with Crippen molar-refractivity contribution in [1.82, 2.24) is 0 Å². The van der Waals surface area contributed by atoms with Crippen molar-refractivity contribution in [2.24, 2.45) is 51.8 Å². The molecule has 5 fully saturated rings. The van der Waals surface area contributed by atoms with Crippen molar-refractivity contribution in [2.45, 2.75) is 153 Å². The standard InChI is InChI=1S/C38H60O4S/c1-26(33(43(41,42)28-10-8-7-9-11-28)25-38(40)22-18-34(2,3)19-23-38)30-14-15-31-29-13-12-27-24-35(4,39)20-21-36(27,5)32(29)16-17-37(30,31)6/h7-11,26-27,29-33,39-40H,12-25H2,1-6H3/t26-,27-,29-,30+,31-,32-,33?,35-,36-,37+/m0/s1. The number of sulfone groups is 1. The maximum atomic E-state index is 14.5. The van der Waals surface area contributed by atoms with Crippen LogP contribution in [0.1, 0.15) is 131 Å². The Labute approximate surface area is 262 Å². The number of rotatable bonds is 6. The molecule has 6 rings (SSSR count). The molecule has 0 aliphatic heterocycles. The molecule has 4 nitrogen and oxygen atoms in total. The average Bonchev–Trinajstić information content (AvgIpc) is 3.31. The Morgan fingerprint density at radius 2 is 1.42 bits per heavy atom. The first-order chi connectivity index (χ1) is 20.0. The molecule has 5 aliphatic rings. The second kappa shape index (κ2) is 10.8. The van der Waals surface area contributed by atoms with Crippen LogP contribution in [0.5, 0.6) is 0 Å². The number of fused-ring (bicyclic) bond motifs is 5. The summed E-state index contributed by atoms with van der Waals surface area (Å²) in [6.45, 7) is 13.9. The van der Waals surface area contributed by atoms with Gasteiger partial charge in [0, 0.05) is 0 Å². The van der Waals surface area contributed by atoms with Gasteiger partial charge in [0.2, 0.25) is 0 Å². The summed E-state index contributed by atoms with van der Waals surface area (Å²) in [6.07, 6.45) is 13.9. The largest absolute Gasteiger partial charge is 0.390 e. The summed E-state index contributed by atoms with van der Waals surface area (Å²) in [6, 6.07) is 9.07. The van der Waals surface area contributed by atoms with E-state index < -0.39 is 26.3 Å². The maximum Gasteiger partial charge on any atom is 0.181 e. The zero-order valence-electron chi connectivity index (χ0n) is 27.9. The minimum atomic E-state index is -3.61. The predicted octanol–water partition coefficient (Wildman–Crippen LogP) is 8.60. The molecule has 1 aromatic carbocycles. The van der Waals surface area contributed by atoms with Gasteiger partial charge >= 0.3 is 0 Å². The molecule has 2 N–H and O–H groups in total. The van der Waals surface area contributed by atoms with Crippen molar-refractivity contribution in [1.29, 1.82) is 0 Å². The Balaban J connectivity index is 1.28. The summed E-state index contributed by atoms with van der Waals surface area (Å²) in [5.74, 6) is 3.06. The highest BCUT2D eigenvalue weighted by Gasteiger charge is 2.62. The molecule has 5 aliphatic carbocycles. The molecule has 5 saturated carbocycles. The minimum absolute atomic E-state index is 0.00702. The summed E-state index contributed by atoms with van der Waals surface area (Å²) < 4.78 is 29.0. The van der Waals surface area contributed by atoms with Crippen molar-refractivity contribution in [3.63, 3.8) is 0 Å². The number of aliphatic hydroxyl groups is 2. The first kappa shape index (κ1) is 32.0. The van der Waals surface area contributed by atoms with Gasteiger partial charge in [0.15, 0.2) is 9.84 Å². The van der Waals surface area contributed by atoms with Gasteiger partial charge < -0.3 is 10.2 Å². The Morgan fingerprint density at radius 3 is 2.09 bits per heavy atom. The van der Waals surface area contributed by atoms with Crippen molar-refractivity contribution in [3.8, 4) is 0 Å². The third-order valence-electron chi connectivity index (χ3n) is 14.8. The molecule has 1 unspecified atom stereocenters. The molecule has 10 atom stereocenters. The molecular formula is C38H60O4S. The SMILES string of the molecule is C[C@H](C(CC1(O)CCC(C)(C)CC1)S(=O)(=O)c1ccccc1)[C@H]1CC[C@H]2[C@@H]3CC[C@H]4C[C@@](C)(O)CC[C@]4(C)[C@H]3CC[C@]12C.